The third-order valence-corrected chi connectivity index (χ3v) is 5.22. The number of rotatable bonds is 3. The highest BCUT2D eigenvalue weighted by Crippen LogP contribution is 2.25. The van der Waals surface area contributed by atoms with Gasteiger partial charge >= 0.3 is 0 Å². The minimum atomic E-state index is -0.00407. The Morgan fingerprint density at radius 1 is 1.20 bits per heavy atom. The molecule has 2 fully saturated rings. The van der Waals surface area contributed by atoms with Crippen molar-refractivity contribution in [3.63, 3.8) is 0 Å². The van der Waals surface area contributed by atoms with E-state index in [2.05, 4.69) is 31.1 Å². The van der Waals surface area contributed by atoms with Gasteiger partial charge in [-0.1, -0.05) is 26.0 Å². The molecule has 2 aliphatic rings. The van der Waals surface area contributed by atoms with Crippen LogP contribution in [0.1, 0.15) is 64.6 Å². The van der Waals surface area contributed by atoms with Crippen molar-refractivity contribution in [2.75, 3.05) is 26.2 Å². The van der Waals surface area contributed by atoms with E-state index in [0.29, 0.717) is 12.5 Å². The van der Waals surface area contributed by atoms with Crippen molar-refractivity contribution in [1.82, 2.24) is 24.8 Å². The van der Waals surface area contributed by atoms with E-state index in [0.717, 1.165) is 51.0 Å². The van der Waals surface area contributed by atoms with Crippen LogP contribution in [0.4, 0.5) is 0 Å². The van der Waals surface area contributed by atoms with Gasteiger partial charge in [-0.15, -0.1) is 5.10 Å². The van der Waals surface area contributed by atoms with Crippen LogP contribution in [0.15, 0.2) is 6.20 Å². The number of carbonyl (C=O) groups is 2. The molecule has 0 aromatic carbocycles. The first-order valence-corrected chi connectivity index (χ1v) is 9.32. The first-order chi connectivity index (χ1) is 11.8. The molecule has 0 radical (unpaired) electrons. The highest BCUT2D eigenvalue weighted by Gasteiger charge is 2.28. The molecule has 0 aliphatic carbocycles. The fraction of sp³-hybridized carbons (Fsp3) is 0.778. The molecule has 7 heteroatoms. The van der Waals surface area contributed by atoms with E-state index in [4.69, 9.17) is 0 Å². The van der Waals surface area contributed by atoms with Gasteiger partial charge in [-0.25, -0.2) is 4.68 Å². The standard InChI is InChI=1S/C18H29N5O2/c1-18(2,3)15-12-23(20-19-15)14-7-10-21(11-8-14)17(25)13-22-9-5-4-6-16(22)24/h12,14H,4-11,13H2,1-3H3. The Kier molecular flexibility index (Phi) is 5.11. The zero-order chi connectivity index (χ0) is 18.0. The molecule has 0 saturated carbocycles. The van der Waals surface area contributed by atoms with Crippen molar-refractivity contribution in [3.05, 3.63) is 11.9 Å². The second-order valence-electron chi connectivity index (χ2n) is 8.22. The Labute approximate surface area is 149 Å². The number of aromatic nitrogens is 3. The molecule has 1 aromatic heterocycles. The molecule has 0 spiro atoms. The maximum Gasteiger partial charge on any atom is 0.242 e. The molecule has 3 rings (SSSR count). The maximum absolute atomic E-state index is 12.5. The topological polar surface area (TPSA) is 71.3 Å². The van der Waals surface area contributed by atoms with E-state index in [1.54, 1.807) is 4.90 Å². The maximum atomic E-state index is 12.5. The fourth-order valence-electron chi connectivity index (χ4n) is 3.47. The normalized spacial score (nSPS) is 20.2. The highest BCUT2D eigenvalue weighted by atomic mass is 16.2. The SMILES string of the molecule is CC(C)(C)c1cn(C2CCN(C(=O)CN3CCCCC3=O)CC2)nn1. The van der Waals surface area contributed by atoms with Crippen molar-refractivity contribution in [1.29, 1.82) is 0 Å². The second-order valence-corrected chi connectivity index (χ2v) is 8.22. The summed E-state index contributed by atoms with van der Waals surface area (Å²) in [4.78, 5) is 28.0. The lowest BCUT2D eigenvalue weighted by molar-refractivity contribution is -0.142. The van der Waals surface area contributed by atoms with Crippen molar-refractivity contribution >= 4 is 11.8 Å². The van der Waals surface area contributed by atoms with Crippen LogP contribution >= 0.6 is 0 Å². The van der Waals surface area contributed by atoms with Crippen LogP contribution in [-0.2, 0) is 15.0 Å². The first-order valence-electron chi connectivity index (χ1n) is 9.32. The summed E-state index contributed by atoms with van der Waals surface area (Å²) in [5, 5.41) is 8.58. The van der Waals surface area contributed by atoms with Gasteiger partial charge in [0, 0.05) is 37.7 Å². The van der Waals surface area contributed by atoms with E-state index in [1.165, 1.54) is 0 Å². The molecule has 0 bridgehead atoms. The number of piperidine rings is 2. The van der Waals surface area contributed by atoms with Crippen molar-refractivity contribution in [2.45, 2.75) is 64.3 Å². The van der Waals surface area contributed by atoms with Crippen LogP contribution in [0.5, 0.6) is 0 Å². The average Bonchev–Trinajstić information content (AvgIpc) is 3.07. The zero-order valence-corrected chi connectivity index (χ0v) is 15.6. The number of likely N-dealkylation sites (tertiary alicyclic amines) is 2. The van der Waals surface area contributed by atoms with Crippen LogP contribution in [0.2, 0.25) is 0 Å². The van der Waals surface area contributed by atoms with Crippen molar-refractivity contribution in [2.24, 2.45) is 0 Å². The van der Waals surface area contributed by atoms with Gasteiger partial charge in [-0.05, 0) is 25.7 Å². The van der Waals surface area contributed by atoms with Gasteiger partial charge in [0.25, 0.3) is 0 Å². The first kappa shape index (κ1) is 17.9. The van der Waals surface area contributed by atoms with Gasteiger partial charge in [-0.3, -0.25) is 9.59 Å². The predicted octanol–water partition coefficient (Wildman–Crippen LogP) is 1.75. The van der Waals surface area contributed by atoms with Crippen molar-refractivity contribution < 1.29 is 9.59 Å². The molecule has 0 unspecified atom stereocenters. The Balaban J connectivity index is 1.52. The molecule has 0 N–H and O–H groups in total. The van der Waals surface area contributed by atoms with E-state index in [1.807, 2.05) is 15.8 Å². The van der Waals surface area contributed by atoms with Gasteiger partial charge < -0.3 is 9.80 Å². The van der Waals surface area contributed by atoms with Gasteiger partial charge in [-0.2, -0.15) is 0 Å². The third-order valence-electron chi connectivity index (χ3n) is 5.22. The second kappa shape index (κ2) is 7.14. The lowest BCUT2D eigenvalue weighted by Gasteiger charge is -2.34. The van der Waals surface area contributed by atoms with Crippen LogP contribution in [0, 0.1) is 0 Å². The van der Waals surface area contributed by atoms with Gasteiger partial charge in [0.05, 0.1) is 18.3 Å². The number of amides is 2. The van der Waals surface area contributed by atoms with E-state index >= 15 is 0 Å². The Morgan fingerprint density at radius 3 is 2.52 bits per heavy atom. The molecule has 3 heterocycles. The third kappa shape index (κ3) is 4.19. The van der Waals surface area contributed by atoms with Crippen LogP contribution in [0.3, 0.4) is 0 Å². The summed E-state index contributed by atoms with van der Waals surface area (Å²) in [7, 11) is 0. The number of nitrogens with zero attached hydrogens (tertiary/aromatic N) is 5. The molecule has 138 valence electrons. The molecular weight excluding hydrogens is 318 g/mol. The molecule has 7 nitrogen and oxygen atoms in total. The molecule has 2 aliphatic heterocycles. The minimum absolute atomic E-state index is 0.00407. The Hall–Kier alpha value is -1.92. The summed E-state index contributed by atoms with van der Waals surface area (Å²) in [6.07, 6.45) is 6.33. The van der Waals surface area contributed by atoms with Crippen LogP contribution in [0.25, 0.3) is 0 Å². The Morgan fingerprint density at radius 2 is 1.92 bits per heavy atom. The number of hydrogen-bond acceptors (Lipinski definition) is 4. The number of hydrogen-bond donors (Lipinski definition) is 0. The zero-order valence-electron chi connectivity index (χ0n) is 15.6. The molecule has 0 atom stereocenters. The summed E-state index contributed by atoms with van der Waals surface area (Å²) in [6, 6.07) is 0.296. The van der Waals surface area contributed by atoms with E-state index in [-0.39, 0.29) is 23.8 Å². The molecule has 2 amide bonds. The smallest absolute Gasteiger partial charge is 0.242 e. The summed E-state index contributed by atoms with van der Waals surface area (Å²) >= 11 is 0. The quantitative estimate of drug-likeness (QED) is 0.835. The lowest BCUT2D eigenvalue weighted by Crippen LogP contribution is -2.47. The molecule has 25 heavy (non-hydrogen) atoms. The van der Waals surface area contributed by atoms with Gasteiger partial charge in [0.2, 0.25) is 11.8 Å². The van der Waals surface area contributed by atoms with E-state index < -0.39 is 0 Å². The summed E-state index contributed by atoms with van der Waals surface area (Å²) < 4.78 is 1.95. The Bertz CT molecular complexity index is 626. The minimum Gasteiger partial charge on any atom is -0.341 e. The van der Waals surface area contributed by atoms with Gasteiger partial charge in [0.15, 0.2) is 0 Å². The fourth-order valence-corrected chi connectivity index (χ4v) is 3.47. The summed E-state index contributed by atoms with van der Waals surface area (Å²) in [6.45, 7) is 8.78. The van der Waals surface area contributed by atoms with Crippen LogP contribution in [-0.4, -0.2) is 62.8 Å². The monoisotopic (exact) mass is 347 g/mol. The molecular formula is C18H29N5O2. The average molecular weight is 347 g/mol. The number of carbonyl (C=O) groups excluding carboxylic acids is 2. The van der Waals surface area contributed by atoms with Crippen LogP contribution < -0.4 is 0 Å². The highest BCUT2D eigenvalue weighted by molar-refractivity contribution is 5.85. The summed E-state index contributed by atoms with van der Waals surface area (Å²) in [5.41, 5.74) is 0.991. The molecule has 1 aromatic rings. The molecule has 2 saturated heterocycles. The van der Waals surface area contributed by atoms with E-state index in [9.17, 15) is 9.59 Å². The predicted molar refractivity (Wildman–Crippen MR) is 94.0 cm³/mol. The van der Waals surface area contributed by atoms with Crippen molar-refractivity contribution in [3.8, 4) is 0 Å². The lowest BCUT2D eigenvalue weighted by atomic mass is 9.93. The largest absolute Gasteiger partial charge is 0.341 e. The van der Waals surface area contributed by atoms with Gasteiger partial charge in [0.1, 0.15) is 0 Å². The summed E-state index contributed by atoms with van der Waals surface area (Å²) in [5.74, 6) is 0.189.